The highest BCUT2D eigenvalue weighted by Gasteiger charge is 2.25. The van der Waals surface area contributed by atoms with Gasteiger partial charge in [-0.15, -0.1) is 0 Å². The normalized spacial score (nSPS) is 13.7. The Morgan fingerprint density at radius 1 is 1.00 bits per heavy atom. The van der Waals surface area contributed by atoms with Crippen molar-refractivity contribution in [3.8, 4) is 11.5 Å². The van der Waals surface area contributed by atoms with Crippen molar-refractivity contribution in [3.63, 3.8) is 0 Å². The summed E-state index contributed by atoms with van der Waals surface area (Å²) in [7, 11) is -0.560. The predicted molar refractivity (Wildman–Crippen MR) is 129 cm³/mol. The molecule has 0 unspecified atom stereocenters. The van der Waals surface area contributed by atoms with Crippen LogP contribution in [0.2, 0.25) is 0 Å². The Morgan fingerprint density at radius 3 is 2.39 bits per heavy atom. The van der Waals surface area contributed by atoms with E-state index in [1.807, 2.05) is 25.1 Å². The lowest BCUT2D eigenvalue weighted by Crippen LogP contribution is -2.29. The highest BCUT2D eigenvalue weighted by Crippen LogP contribution is 2.30. The van der Waals surface area contributed by atoms with Crippen LogP contribution in [-0.2, 0) is 16.4 Å². The maximum absolute atomic E-state index is 13.0. The number of amides is 1. The van der Waals surface area contributed by atoms with E-state index in [0.29, 0.717) is 48.7 Å². The molecule has 8 nitrogen and oxygen atoms in total. The molecule has 1 fully saturated rings. The average molecular weight is 476 g/mol. The molecular weight excluding hydrogens is 442 g/mol. The molecule has 0 radical (unpaired) electrons. The molecule has 33 heavy (non-hydrogen) atoms. The molecule has 1 heterocycles. The van der Waals surface area contributed by atoms with Crippen LogP contribution < -0.4 is 24.4 Å². The van der Waals surface area contributed by atoms with Gasteiger partial charge in [0.1, 0.15) is 4.90 Å². The molecule has 1 amide bonds. The molecule has 0 aromatic heterocycles. The molecule has 1 aliphatic heterocycles. The van der Waals surface area contributed by atoms with Gasteiger partial charge in [-0.05, 0) is 61.6 Å². The lowest BCUT2D eigenvalue weighted by atomic mass is 10.1. The van der Waals surface area contributed by atoms with Crippen molar-refractivity contribution in [2.75, 3.05) is 45.3 Å². The summed E-state index contributed by atoms with van der Waals surface area (Å²) in [6.45, 7) is 4.29. The number of hydrogen-bond donors (Lipinski definition) is 2. The van der Waals surface area contributed by atoms with Crippen molar-refractivity contribution in [1.29, 1.82) is 0 Å². The topological polar surface area (TPSA) is 97.0 Å². The molecule has 3 rings (SSSR count). The number of nitrogens with zero attached hydrogens (tertiary/aromatic N) is 1. The molecule has 2 aromatic rings. The Hall–Kier alpha value is -2.78. The van der Waals surface area contributed by atoms with Crippen LogP contribution in [0.15, 0.2) is 41.3 Å². The summed E-state index contributed by atoms with van der Waals surface area (Å²) in [6.07, 6.45) is 3.34. The first-order valence-corrected chi connectivity index (χ1v) is 12.8. The van der Waals surface area contributed by atoms with E-state index in [9.17, 15) is 13.2 Å². The smallest absolute Gasteiger partial charge is 0.251 e. The number of carbonyl (C=O) groups is 1. The number of sulfonamides is 1. The zero-order valence-corrected chi connectivity index (χ0v) is 20.3. The van der Waals surface area contributed by atoms with Crippen molar-refractivity contribution >= 4 is 21.6 Å². The molecule has 1 aliphatic rings. The number of nitrogens with one attached hydrogen (secondary N) is 2. The van der Waals surface area contributed by atoms with E-state index in [2.05, 4.69) is 14.9 Å². The summed E-state index contributed by atoms with van der Waals surface area (Å²) in [6, 6.07) is 10.5. The van der Waals surface area contributed by atoms with Crippen molar-refractivity contribution in [1.82, 2.24) is 10.0 Å². The number of ether oxygens (including phenoxy) is 2. The molecule has 0 atom stereocenters. The number of hydrogen-bond acceptors (Lipinski definition) is 6. The monoisotopic (exact) mass is 475 g/mol. The second kappa shape index (κ2) is 11.4. The SMILES string of the molecule is CCCNS(=O)(=O)c1cc(C(=O)NCCc2ccc(OC)c(OC)c2)ccc1N1CCCC1. The molecule has 0 spiro atoms. The number of carbonyl (C=O) groups excluding carboxylic acids is 1. The van der Waals surface area contributed by atoms with Gasteiger partial charge in [-0.1, -0.05) is 13.0 Å². The molecule has 1 saturated heterocycles. The fourth-order valence-electron chi connectivity index (χ4n) is 3.86. The first-order valence-electron chi connectivity index (χ1n) is 11.3. The van der Waals surface area contributed by atoms with E-state index in [4.69, 9.17) is 9.47 Å². The minimum Gasteiger partial charge on any atom is -0.493 e. The standard InChI is InChI=1S/C24H33N3O5S/c1-4-12-26-33(29,30)23-17-19(8-9-20(23)27-14-5-6-15-27)24(28)25-13-11-18-7-10-21(31-2)22(16-18)32-3/h7-10,16-17,26H,4-6,11-15H2,1-3H3,(H,25,28). The minimum absolute atomic E-state index is 0.158. The Morgan fingerprint density at radius 2 is 1.73 bits per heavy atom. The molecule has 0 aliphatic carbocycles. The summed E-state index contributed by atoms with van der Waals surface area (Å²) < 4.78 is 39.1. The largest absolute Gasteiger partial charge is 0.493 e. The highest BCUT2D eigenvalue weighted by atomic mass is 32.2. The van der Waals surface area contributed by atoms with Gasteiger partial charge in [0.15, 0.2) is 11.5 Å². The van der Waals surface area contributed by atoms with Gasteiger partial charge in [-0.2, -0.15) is 0 Å². The van der Waals surface area contributed by atoms with Gasteiger partial charge in [0.2, 0.25) is 10.0 Å². The first kappa shape index (κ1) is 24.9. The number of anilines is 1. The molecular formula is C24H33N3O5S. The summed E-state index contributed by atoms with van der Waals surface area (Å²) in [4.78, 5) is 15.0. The fourth-order valence-corrected chi connectivity index (χ4v) is 5.25. The molecule has 0 bridgehead atoms. The minimum atomic E-state index is -3.72. The second-order valence-electron chi connectivity index (χ2n) is 7.97. The average Bonchev–Trinajstić information content (AvgIpc) is 3.37. The molecule has 2 aromatic carbocycles. The highest BCUT2D eigenvalue weighted by molar-refractivity contribution is 7.89. The van der Waals surface area contributed by atoms with Crippen LogP contribution in [0.3, 0.4) is 0 Å². The molecule has 0 saturated carbocycles. The van der Waals surface area contributed by atoms with Crippen molar-refractivity contribution < 1.29 is 22.7 Å². The van der Waals surface area contributed by atoms with E-state index in [0.717, 1.165) is 31.5 Å². The fraction of sp³-hybridized carbons (Fsp3) is 0.458. The van der Waals surface area contributed by atoms with Crippen LogP contribution in [0.4, 0.5) is 5.69 Å². The first-order chi connectivity index (χ1) is 15.9. The van der Waals surface area contributed by atoms with Gasteiger partial charge >= 0.3 is 0 Å². The zero-order chi connectivity index (χ0) is 23.8. The van der Waals surface area contributed by atoms with Gasteiger partial charge < -0.3 is 19.7 Å². The van der Waals surface area contributed by atoms with Crippen LogP contribution in [0.25, 0.3) is 0 Å². The van der Waals surface area contributed by atoms with E-state index in [1.54, 1.807) is 26.4 Å². The van der Waals surface area contributed by atoms with E-state index in [1.165, 1.54) is 6.07 Å². The van der Waals surface area contributed by atoms with E-state index in [-0.39, 0.29) is 10.8 Å². The lowest BCUT2D eigenvalue weighted by molar-refractivity contribution is 0.0954. The summed E-state index contributed by atoms with van der Waals surface area (Å²) in [5.41, 5.74) is 1.96. The number of rotatable bonds is 11. The maximum atomic E-state index is 13.0. The van der Waals surface area contributed by atoms with Crippen LogP contribution in [-0.4, -0.2) is 54.7 Å². The number of benzene rings is 2. The van der Waals surface area contributed by atoms with Crippen LogP contribution >= 0.6 is 0 Å². The van der Waals surface area contributed by atoms with Gasteiger partial charge in [0.25, 0.3) is 5.91 Å². The van der Waals surface area contributed by atoms with Gasteiger partial charge in [-0.3, -0.25) is 4.79 Å². The third-order valence-electron chi connectivity index (χ3n) is 5.65. The van der Waals surface area contributed by atoms with Crippen LogP contribution in [0.5, 0.6) is 11.5 Å². The Bertz CT molecular complexity index is 1070. The van der Waals surface area contributed by atoms with Crippen LogP contribution in [0.1, 0.15) is 42.1 Å². The van der Waals surface area contributed by atoms with E-state index >= 15 is 0 Å². The molecule has 2 N–H and O–H groups in total. The van der Waals surface area contributed by atoms with Crippen LogP contribution in [0, 0.1) is 0 Å². The van der Waals surface area contributed by atoms with Gasteiger partial charge in [0, 0.05) is 31.7 Å². The second-order valence-corrected chi connectivity index (χ2v) is 9.71. The van der Waals surface area contributed by atoms with E-state index < -0.39 is 10.0 Å². The Balaban J connectivity index is 1.74. The number of methoxy groups -OCH3 is 2. The van der Waals surface area contributed by atoms with Crippen molar-refractivity contribution in [2.24, 2.45) is 0 Å². The van der Waals surface area contributed by atoms with Crippen molar-refractivity contribution in [2.45, 2.75) is 37.5 Å². The third kappa shape index (κ3) is 6.17. The maximum Gasteiger partial charge on any atom is 0.251 e. The summed E-state index contributed by atoms with van der Waals surface area (Å²) in [5.74, 6) is 0.970. The Labute approximate surface area is 196 Å². The lowest BCUT2D eigenvalue weighted by Gasteiger charge is -2.22. The summed E-state index contributed by atoms with van der Waals surface area (Å²) >= 11 is 0. The Kier molecular flexibility index (Phi) is 8.57. The predicted octanol–water partition coefficient (Wildman–Crippen LogP) is 2.96. The quantitative estimate of drug-likeness (QED) is 0.519. The summed E-state index contributed by atoms with van der Waals surface area (Å²) in [5, 5.41) is 2.88. The van der Waals surface area contributed by atoms with Gasteiger partial charge in [-0.25, -0.2) is 13.1 Å². The molecule has 180 valence electrons. The van der Waals surface area contributed by atoms with Crippen molar-refractivity contribution in [3.05, 3.63) is 47.5 Å². The van der Waals surface area contributed by atoms with Gasteiger partial charge in [0.05, 0.1) is 19.9 Å². The third-order valence-corrected chi connectivity index (χ3v) is 7.14. The molecule has 9 heteroatoms. The zero-order valence-electron chi connectivity index (χ0n) is 19.5.